The van der Waals surface area contributed by atoms with Gasteiger partial charge in [0, 0.05) is 25.5 Å². The zero-order valence-corrected chi connectivity index (χ0v) is 10.8. The van der Waals surface area contributed by atoms with Gasteiger partial charge in [-0.05, 0) is 19.9 Å². The van der Waals surface area contributed by atoms with E-state index in [1.54, 1.807) is 19.4 Å². The fourth-order valence-corrected chi connectivity index (χ4v) is 1.75. The summed E-state index contributed by atoms with van der Waals surface area (Å²) in [7, 11) is 1.65. The summed E-state index contributed by atoms with van der Waals surface area (Å²) in [5.41, 5.74) is 7.08. The number of hydrogen-bond acceptors (Lipinski definition) is 5. The van der Waals surface area contributed by atoms with Gasteiger partial charge in [0.25, 0.3) is 0 Å². The summed E-state index contributed by atoms with van der Waals surface area (Å²) in [5, 5.41) is 0. The van der Waals surface area contributed by atoms with Crippen LogP contribution in [-0.2, 0) is 11.3 Å². The molecule has 6 nitrogen and oxygen atoms in total. The third-order valence-corrected chi connectivity index (χ3v) is 2.58. The van der Waals surface area contributed by atoms with Gasteiger partial charge in [-0.25, -0.2) is 15.0 Å². The van der Waals surface area contributed by atoms with Crippen LogP contribution in [0.15, 0.2) is 18.5 Å². The van der Waals surface area contributed by atoms with Crippen molar-refractivity contribution in [2.24, 2.45) is 0 Å². The predicted octanol–water partition coefficient (Wildman–Crippen LogP) is 1.65. The SMILES string of the molecule is COCc1nc(-c2ccnc(N)n2)cn1C(C)C. The van der Waals surface area contributed by atoms with E-state index in [0.717, 1.165) is 17.2 Å². The second-order valence-corrected chi connectivity index (χ2v) is 4.28. The molecule has 0 radical (unpaired) electrons. The van der Waals surface area contributed by atoms with Gasteiger partial charge in [0.05, 0.1) is 5.69 Å². The molecule has 96 valence electrons. The average Bonchev–Trinajstić information content (AvgIpc) is 2.74. The summed E-state index contributed by atoms with van der Waals surface area (Å²) in [5.74, 6) is 1.12. The fourth-order valence-electron chi connectivity index (χ4n) is 1.75. The lowest BCUT2D eigenvalue weighted by molar-refractivity contribution is 0.173. The largest absolute Gasteiger partial charge is 0.377 e. The van der Waals surface area contributed by atoms with Crippen molar-refractivity contribution >= 4 is 5.95 Å². The molecular formula is C12H17N5O. The summed E-state index contributed by atoms with van der Waals surface area (Å²) in [4.78, 5) is 12.6. The summed E-state index contributed by atoms with van der Waals surface area (Å²) in [6.45, 7) is 4.66. The number of nitrogens with zero attached hydrogens (tertiary/aromatic N) is 4. The first kappa shape index (κ1) is 12.5. The first-order valence-electron chi connectivity index (χ1n) is 5.77. The number of imidazole rings is 1. The zero-order chi connectivity index (χ0) is 13.1. The van der Waals surface area contributed by atoms with Crippen LogP contribution in [0.3, 0.4) is 0 Å². The van der Waals surface area contributed by atoms with E-state index in [1.165, 1.54) is 0 Å². The van der Waals surface area contributed by atoms with Gasteiger partial charge >= 0.3 is 0 Å². The van der Waals surface area contributed by atoms with Crippen LogP contribution in [-0.4, -0.2) is 26.6 Å². The zero-order valence-electron chi connectivity index (χ0n) is 10.8. The Kier molecular flexibility index (Phi) is 3.57. The van der Waals surface area contributed by atoms with Crippen molar-refractivity contribution in [3.8, 4) is 11.4 Å². The van der Waals surface area contributed by atoms with Crippen LogP contribution >= 0.6 is 0 Å². The van der Waals surface area contributed by atoms with E-state index in [1.807, 2.05) is 6.20 Å². The van der Waals surface area contributed by atoms with E-state index < -0.39 is 0 Å². The van der Waals surface area contributed by atoms with Crippen LogP contribution in [0.4, 0.5) is 5.95 Å². The smallest absolute Gasteiger partial charge is 0.220 e. The molecule has 2 rings (SSSR count). The quantitative estimate of drug-likeness (QED) is 0.888. The number of aromatic nitrogens is 4. The van der Waals surface area contributed by atoms with E-state index >= 15 is 0 Å². The third-order valence-electron chi connectivity index (χ3n) is 2.58. The highest BCUT2D eigenvalue weighted by Crippen LogP contribution is 2.20. The second-order valence-electron chi connectivity index (χ2n) is 4.28. The Hall–Kier alpha value is -1.95. The van der Waals surface area contributed by atoms with Crippen molar-refractivity contribution in [3.63, 3.8) is 0 Å². The van der Waals surface area contributed by atoms with Crippen molar-refractivity contribution in [2.75, 3.05) is 12.8 Å². The van der Waals surface area contributed by atoms with Gasteiger partial charge in [-0.15, -0.1) is 0 Å². The molecule has 2 aromatic heterocycles. The standard InChI is InChI=1S/C12H17N5O/c1-8(2)17-6-10(15-11(17)7-18-3)9-4-5-14-12(13)16-9/h4-6,8H,7H2,1-3H3,(H2,13,14,16). The normalized spacial score (nSPS) is 11.1. The Morgan fingerprint density at radius 1 is 1.33 bits per heavy atom. The minimum absolute atomic E-state index is 0.250. The molecule has 2 N–H and O–H groups in total. The van der Waals surface area contributed by atoms with Gasteiger partial charge in [-0.2, -0.15) is 0 Å². The molecule has 0 unspecified atom stereocenters. The number of rotatable bonds is 4. The number of ether oxygens (including phenoxy) is 1. The molecule has 0 atom stereocenters. The summed E-state index contributed by atoms with van der Waals surface area (Å²) in [6, 6.07) is 2.11. The molecule has 18 heavy (non-hydrogen) atoms. The Labute approximate surface area is 106 Å². The van der Waals surface area contributed by atoms with Crippen LogP contribution in [0.25, 0.3) is 11.4 Å². The molecule has 0 amide bonds. The molecule has 0 aliphatic heterocycles. The maximum absolute atomic E-state index is 5.58. The number of nitrogen functional groups attached to an aromatic ring is 1. The lowest BCUT2D eigenvalue weighted by Crippen LogP contribution is -2.05. The molecule has 0 aliphatic rings. The highest BCUT2D eigenvalue weighted by Gasteiger charge is 2.12. The molecule has 0 saturated carbocycles. The van der Waals surface area contributed by atoms with Gasteiger partial charge in [-0.1, -0.05) is 0 Å². The van der Waals surface area contributed by atoms with Crippen molar-refractivity contribution in [1.29, 1.82) is 0 Å². The van der Waals surface area contributed by atoms with Crippen LogP contribution in [0.5, 0.6) is 0 Å². The Bertz CT molecular complexity index is 535. The van der Waals surface area contributed by atoms with Crippen molar-refractivity contribution in [2.45, 2.75) is 26.5 Å². The van der Waals surface area contributed by atoms with Crippen molar-refractivity contribution in [3.05, 3.63) is 24.3 Å². The molecule has 0 bridgehead atoms. The number of nitrogens with two attached hydrogens (primary N) is 1. The Morgan fingerprint density at radius 3 is 2.72 bits per heavy atom. The molecule has 0 aromatic carbocycles. The molecule has 0 spiro atoms. The maximum atomic E-state index is 5.58. The van der Waals surface area contributed by atoms with E-state index in [-0.39, 0.29) is 5.95 Å². The van der Waals surface area contributed by atoms with E-state index in [4.69, 9.17) is 10.5 Å². The summed E-state index contributed by atoms with van der Waals surface area (Å²) in [6.07, 6.45) is 3.59. The van der Waals surface area contributed by atoms with Gasteiger partial charge in [0.15, 0.2) is 0 Å². The minimum Gasteiger partial charge on any atom is -0.377 e. The van der Waals surface area contributed by atoms with E-state index in [2.05, 4.69) is 33.4 Å². The molecule has 2 heterocycles. The molecular weight excluding hydrogens is 230 g/mol. The lowest BCUT2D eigenvalue weighted by Gasteiger charge is -2.09. The summed E-state index contributed by atoms with van der Waals surface area (Å²) < 4.78 is 7.22. The first-order chi connectivity index (χ1) is 8.61. The number of hydrogen-bond donors (Lipinski definition) is 1. The van der Waals surface area contributed by atoms with Crippen LogP contribution in [0.2, 0.25) is 0 Å². The molecule has 0 saturated heterocycles. The predicted molar refractivity (Wildman–Crippen MR) is 68.8 cm³/mol. The van der Waals surface area contributed by atoms with Crippen molar-refractivity contribution < 1.29 is 4.74 Å². The topological polar surface area (TPSA) is 78.8 Å². The fraction of sp³-hybridized carbons (Fsp3) is 0.417. The van der Waals surface area contributed by atoms with Crippen LogP contribution in [0.1, 0.15) is 25.7 Å². The highest BCUT2D eigenvalue weighted by atomic mass is 16.5. The molecule has 2 aromatic rings. The summed E-state index contributed by atoms with van der Waals surface area (Å²) >= 11 is 0. The van der Waals surface area contributed by atoms with Gasteiger partial charge in [0.1, 0.15) is 18.1 Å². The van der Waals surface area contributed by atoms with Crippen LogP contribution in [0, 0.1) is 0 Å². The monoisotopic (exact) mass is 247 g/mol. The molecule has 6 heteroatoms. The van der Waals surface area contributed by atoms with E-state index in [9.17, 15) is 0 Å². The Balaban J connectivity index is 2.43. The van der Waals surface area contributed by atoms with Gasteiger partial charge in [0.2, 0.25) is 5.95 Å². The number of anilines is 1. The Morgan fingerprint density at radius 2 is 2.11 bits per heavy atom. The van der Waals surface area contributed by atoms with Crippen LogP contribution < -0.4 is 5.73 Å². The lowest BCUT2D eigenvalue weighted by atomic mass is 10.3. The molecule has 0 fully saturated rings. The minimum atomic E-state index is 0.250. The maximum Gasteiger partial charge on any atom is 0.220 e. The van der Waals surface area contributed by atoms with E-state index in [0.29, 0.717) is 12.6 Å². The highest BCUT2D eigenvalue weighted by molar-refractivity contribution is 5.54. The number of methoxy groups -OCH3 is 1. The van der Waals surface area contributed by atoms with Crippen molar-refractivity contribution in [1.82, 2.24) is 19.5 Å². The molecule has 0 aliphatic carbocycles. The first-order valence-corrected chi connectivity index (χ1v) is 5.77. The third kappa shape index (κ3) is 2.48. The van der Waals surface area contributed by atoms with Gasteiger partial charge in [-0.3, -0.25) is 0 Å². The average molecular weight is 247 g/mol. The second kappa shape index (κ2) is 5.14. The van der Waals surface area contributed by atoms with Gasteiger partial charge < -0.3 is 15.0 Å².